The van der Waals surface area contributed by atoms with Gasteiger partial charge in [0.25, 0.3) is 0 Å². The molecule has 2 aromatic carbocycles. The predicted molar refractivity (Wildman–Crippen MR) is 143 cm³/mol. The van der Waals surface area contributed by atoms with E-state index in [1.165, 1.54) is 86.5 Å². The summed E-state index contributed by atoms with van der Waals surface area (Å²) in [5.74, 6) is 0. The van der Waals surface area contributed by atoms with Crippen molar-refractivity contribution in [3.63, 3.8) is 0 Å². The van der Waals surface area contributed by atoms with Crippen LogP contribution in [0.3, 0.4) is 0 Å². The zero-order valence-corrected chi connectivity index (χ0v) is 21.4. The minimum absolute atomic E-state index is 0.135. The molecule has 1 aliphatic rings. The number of hydrogen-bond donors (Lipinski definition) is 0. The zero-order chi connectivity index (χ0) is 22.2. The first kappa shape index (κ1) is 24.1. The van der Waals surface area contributed by atoms with Gasteiger partial charge in [0.05, 0.1) is 0 Å². The minimum atomic E-state index is -0.135. The Hall–Kier alpha value is -1.53. The van der Waals surface area contributed by atoms with Crippen LogP contribution in [0, 0.1) is 0 Å². The molecule has 0 spiro atoms. The average molecular weight is 439 g/mol. The Morgan fingerprint density at radius 1 is 0.774 bits per heavy atom. The summed E-state index contributed by atoms with van der Waals surface area (Å²) in [5.41, 5.74) is 6.43. The van der Waals surface area contributed by atoms with Crippen molar-refractivity contribution in [3.05, 3.63) is 42.5 Å². The lowest BCUT2D eigenvalue weighted by atomic mass is 10.00. The van der Waals surface area contributed by atoms with Gasteiger partial charge in [-0.1, -0.05) is 83.7 Å². The number of anilines is 2. The lowest BCUT2D eigenvalue weighted by molar-refractivity contribution is 0.511. The molecule has 3 heteroatoms. The number of benzene rings is 2. The first-order valence-corrected chi connectivity index (χ1v) is 14.0. The van der Waals surface area contributed by atoms with E-state index in [0.717, 1.165) is 5.66 Å². The summed E-state index contributed by atoms with van der Waals surface area (Å²) in [6, 6.07) is 16.2. The van der Waals surface area contributed by atoms with Gasteiger partial charge >= 0.3 is 0 Å². The summed E-state index contributed by atoms with van der Waals surface area (Å²) >= 11 is 0. The van der Waals surface area contributed by atoms with Crippen molar-refractivity contribution in [2.75, 3.05) is 44.2 Å². The summed E-state index contributed by atoms with van der Waals surface area (Å²) in [6.07, 6.45) is 14.0. The lowest BCUT2D eigenvalue weighted by Crippen LogP contribution is -2.22. The van der Waals surface area contributed by atoms with E-state index in [9.17, 15) is 0 Å². The van der Waals surface area contributed by atoms with E-state index in [4.69, 9.17) is 0 Å². The molecule has 2 aromatic rings. The number of unbranched alkanes of at least 4 members (excludes halogenated alkanes) is 3. The molecule has 0 saturated heterocycles. The Labute approximate surface area is 192 Å². The largest absolute Gasteiger partial charge is 0.377 e. The maximum absolute atomic E-state index is 2.47. The zero-order valence-electron chi connectivity index (χ0n) is 20.5. The number of hydrogen-bond acceptors (Lipinski definition) is 2. The van der Waals surface area contributed by atoms with Gasteiger partial charge in [0.2, 0.25) is 0 Å². The van der Waals surface area contributed by atoms with Crippen molar-refractivity contribution in [3.8, 4) is 11.1 Å². The molecule has 0 N–H and O–H groups in total. The fraction of sp³-hybridized carbons (Fsp3) is 0.571. The smallest absolute Gasteiger partial charge is 0.0461 e. The van der Waals surface area contributed by atoms with Crippen molar-refractivity contribution in [2.24, 2.45) is 0 Å². The number of rotatable bonds is 10. The van der Waals surface area contributed by atoms with E-state index in [1.54, 1.807) is 5.30 Å². The van der Waals surface area contributed by atoms with E-state index >= 15 is 0 Å². The van der Waals surface area contributed by atoms with Crippen molar-refractivity contribution < 1.29 is 0 Å². The van der Waals surface area contributed by atoms with E-state index in [2.05, 4.69) is 87.4 Å². The molecule has 0 bridgehead atoms. The second-order valence-electron chi connectivity index (χ2n) is 9.52. The van der Waals surface area contributed by atoms with Gasteiger partial charge < -0.3 is 9.80 Å². The molecule has 2 nitrogen and oxygen atoms in total. The third kappa shape index (κ3) is 6.04. The van der Waals surface area contributed by atoms with Gasteiger partial charge in [0.1, 0.15) is 0 Å². The molecule has 1 saturated carbocycles. The van der Waals surface area contributed by atoms with Crippen LogP contribution in [0.4, 0.5) is 11.4 Å². The first-order chi connectivity index (χ1) is 15.0. The standard InChI is InChI=1S/C28H43N2P/c1-6-7-8-14-22-31(23-16-10-9-11-17-23)27-21-13-12-18-24(27)28-25(29(2)3)19-15-20-26(28)30(4)5/h12-13,15,18-21,23H,6-11,14,16-17,22H2,1-5H3. The Morgan fingerprint density at radius 2 is 1.42 bits per heavy atom. The Kier molecular flexibility index (Phi) is 9.27. The SMILES string of the molecule is CCCCCCP(c1ccccc1-c1c(N(C)C)cccc1N(C)C)C1CCCCC1. The van der Waals surface area contributed by atoms with Crippen LogP contribution in [-0.4, -0.2) is 40.0 Å². The normalized spacial score (nSPS) is 15.6. The highest BCUT2D eigenvalue weighted by molar-refractivity contribution is 7.66. The van der Waals surface area contributed by atoms with E-state index in [1.807, 2.05) is 0 Å². The average Bonchev–Trinajstić information content (AvgIpc) is 2.79. The predicted octanol–water partition coefficient (Wildman–Crippen LogP) is 7.51. The number of nitrogens with zero attached hydrogens (tertiary/aromatic N) is 2. The molecule has 0 aromatic heterocycles. The van der Waals surface area contributed by atoms with Crippen molar-refractivity contribution in [1.29, 1.82) is 0 Å². The van der Waals surface area contributed by atoms with Crippen LogP contribution < -0.4 is 15.1 Å². The van der Waals surface area contributed by atoms with Crippen molar-refractivity contribution in [1.82, 2.24) is 0 Å². The molecule has 0 aliphatic heterocycles. The fourth-order valence-electron chi connectivity index (χ4n) is 5.09. The van der Waals surface area contributed by atoms with Crippen LogP contribution in [0.25, 0.3) is 11.1 Å². The van der Waals surface area contributed by atoms with Crippen LogP contribution in [0.5, 0.6) is 0 Å². The summed E-state index contributed by atoms with van der Waals surface area (Å²) in [6.45, 7) is 2.32. The van der Waals surface area contributed by atoms with E-state index in [-0.39, 0.29) is 7.92 Å². The fourth-order valence-corrected chi connectivity index (χ4v) is 8.41. The second kappa shape index (κ2) is 11.9. The summed E-state index contributed by atoms with van der Waals surface area (Å²) in [7, 11) is 8.57. The van der Waals surface area contributed by atoms with E-state index < -0.39 is 0 Å². The topological polar surface area (TPSA) is 6.48 Å². The summed E-state index contributed by atoms with van der Waals surface area (Å²) in [5, 5.41) is 1.65. The minimum Gasteiger partial charge on any atom is -0.377 e. The van der Waals surface area contributed by atoms with Gasteiger partial charge in [0, 0.05) is 45.1 Å². The third-order valence-corrected chi connectivity index (χ3v) is 9.94. The first-order valence-electron chi connectivity index (χ1n) is 12.4. The monoisotopic (exact) mass is 438 g/mol. The van der Waals surface area contributed by atoms with Crippen molar-refractivity contribution in [2.45, 2.75) is 70.4 Å². The molecular weight excluding hydrogens is 395 g/mol. The molecule has 1 atom stereocenters. The third-order valence-electron chi connectivity index (χ3n) is 6.73. The summed E-state index contributed by atoms with van der Waals surface area (Å²) in [4.78, 5) is 4.56. The maximum atomic E-state index is 2.47. The second-order valence-corrected chi connectivity index (χ2v) is 12.1. The van der Waals surface area contributed by atoms with Gasteiger partial charge in [0.15, 0.2) is 0 Å². The highest BCUT2D eigenvalue weighted by Gasteiger charge is 2.27. The summed E-state index contributed by atoms with van der Waals surface area (Å²) < 4.78 is 0. The molecule has 1 fully saturated rings. The van der Waals surface area contributed by atoms with Gasteiger partial charge in [-0.15, -0.1) is 0 Å². The molecule has 1 unspecified atom stereocenters. The molecule has 0 radical (unpaired) electrons. The molecule has 0 heterocycles. The Bertz CT molecular complexity index is 782. The lowest BCUT2D eigenvalue weighted by Gasteiger charge is -2.34. The van der Waals surface area contributed by atoms with Crippen LogP contribution in [0.15, 0.2) is 42.5 Å². The van der Waals surface area contributed by atoms with E-state index in [0.29, 0.717) is 0 Å². The molecule has 1 aliphatic carbocycles. The van der Waals surface area contributed by atoms with Gasteiger partial charge in [-0.2, -0.15) is 0 Å². The van der Waals surface area contributed by atoms with Crippen LogP contribution >= 0.6 is 7.92 Å². The van der Waals surface area contributed by atoms with Gasteiger partial charge in [-0.25, -0.2) is 0 Å². The quantitative estimate of drug-likeness (QED) is 0.280. The van der Waals surface area contributed by atoms with Crippen LogP contribution in [0.1, 0.15) is 64.7 Å². The van der Waals surface area contributed by atoms with Gasteiger partial charge in [-0.3, -0.25) is 0 Å². The molecule has 170 valence electrons. The highest BCUT2D eigenvalue weighted by atomic mass is 31.1. The molecule has 0 amide bonds. The van der Waals surface area contributed by atoms with Crippen LogP contribution in [0.2, 0.25) is 0 Å². The van der Waals surface area contributed by atoms with Gasteiger partial charge in [-0.05, 0) is 54.1 Å². The molecule has 3 rings (SSSR count). The highest BCUT2D eigenvalue weighted by Crippen LogP contribution is 2.51. The van der Waals surface area contributed by atoms with Crippen LogP contribution in [-0.2, 0) is 0 Å². The Balaban J connectivity index is 2.08. The molecule has 31 heavy (non-hydrogen) atoms. The Morgan fingerprint density at radius 3 is 2.03 bits per heavy atom. The van der Waals surface area contributed by atoms with Crippen molar-refractivity contribution >= 4 is 24.6 Å². The maximum Gasteiger partial charge on any atom is 0.0461 e. The molecular formula is C28H43N2P.